The number of hydrogen-bond acceptors (Lipinski definition) is 3. The van der Waals surface area contributed by atoms with Crippen LogP contribution >= 0.6 is 12.4 Å². The van der Waals surface area contributed by atoms with Crippen LogP contribution in [0.2, 0.25) is 0 Å². The second kappa shape index (κ2) is 8.09. The van der Waals surface area contributed by atoms with Crippen molar-refractivity contribution in [1.82, 2.24) is 5.32 Å². The number of amides is 1. The van der Waals surface area contributed by atoms with Gasteiger partial charge in [0.25, 0.3) is 0 Å². The molecule has 108 valence electrons. The molecule has 0 aliphatic carbocycles. The Morgan fingerprint density at radius 2 is 1.89 bits per heavy atom. The molecule has 0 heterocycles. The van der Waals surface area contributed by atoms with Crippen LogP contribution in [-0.2, 0) is 4.79 Å². The van der Waals surface area contributed by atoms with Crippen molar-refractivity contribution in [2.24, 2.45) is 5.73 Å². The molecular weight excluding hydrogens is 271 g/mol. The Labute approximate surface area is 118 Å². The van der Waals surface area contributed by atoms with Gasteiger partial charge < -0.3 is 16.2 Å². The minimum absolute atomic E-state index is 0. The molecule has 4 N–H and O–H groups in total. The normalized spacial score (nSPS) is 15.0. The van der Waals surface area contributed by atoms with Gasteiger partial charge in [-0.3, -0.25) is 4.79 Å². The Kier molecular flexibility index (Phi) is 7.59. The summed E-state index contributed by atoms with van der Waals surface area (Å²) in [7, 11) is 0. The fourth-order valence-corrected chi connectivity index (χ4v) is 1.59. The Morgan fingerprint density at radius 1 is 1.37 bits per heavy atom. The molecule has 0 spiro atoms. The van der Waals surface area contributed by atoms with Gasteiger partial charge in [-0.1, -0.05) is 12.1 Å². The van der Waals surface area contributed by atoms with Crippen LogP contribution in [0.4, 0.5) is 4.39 Å². The van der Waals surface area contributed by atoms with E-state index < -0.39 is 12.1 Å². The van der Waals surface area contributed by atoms with E-state index in [1.54, 1.807) is 13.8 Å². The summed E-state index contributed by atoms with van der Waals surface area (Å²) in [6, 6.07) is 4.87. The maximum Gasteiger partial charge on any atom is 0.236 e. The quantitative estimate of drug-likeness (QED) is 0.770. The van der Waals surface area contributed by atoms with Crippen LogP contribution in [0.1, 0.15) is 31.9 Å². The third-order valence-corrected chi connectivity index (χ3v) is 2.63. The van der Waals surface area contributed by atoms with Gasteiger partial charge in [-0.15, -0.1) is 12.4 Å². The van der Waals surface area contributed by atoms with Crippen LogP contribution in [0, 0.1) is 5.82 Å². The molecule has 1 aromatic carbocycles. The molecule has 3 atom stereocenters. The number of rotatable bonds is 5. The van der Waals surface area contributed by atoms with Gasteiger partial charge in [-0.2, -0.15) is 0 Å². The van der Waals surface area contributed by atoms with E-state index >= 15 is 0 Å². The smallest absolute Gasteiger partial charge is 0.236 e. The number of halogens is 2. The van der Waals surface area contributed by atoms with Gasteiger partial charge in [0.2, 0.25) is 5.91 Å². The van der Waals surface area contributed by atoms with Gasteiger partial charge in [0.1, 0.15) is 5.82 Å². The van der Waals surface area contributed by atoms with Gasteiger partial charge in [0, 0.05) is 6.04 Å². The average Bonchev–Trinajstić information content (AvgIpc) is 2.29. The first kappa shape index (κ1) is 17.8. The molecule has 0 bridgehead atoms. The highest BCUT2D eigenvalue weighted by Gasteiger charge is 2.16. The Bertz CT molecular complexity index is 398. The van der Waals surface area contributed by atoms with Crippen LogP contribution in [-0.4, -0.2) is 23.1 Å². The van der Waals surface area contributed by atoms with Crippen molar-refractivity contribution in [3.05, 3.63) is 35.6 Å². The minimum Gasteiger partial charge on any atom is -0.388 e. The lowest BCUT2D eigenvalue weighted by atomic mass is 10.0. The van der Waals surface area contributed by atoms with Gasteiger partial charge in [0.05, 0.1) is 12.1 Å². The van der Waals surface area contributed by atoms with Gasteiger partial charge >= 0.3 is 0 Å². The monoisotopic (exact) mass is 290 g/mol. The molecule has 0 saturated carbocycles. The predicted octanol–water partition coefficient (Wildman–Crippen LogP) is 1.52. The zero-order chi connectivity index (χ0) is 13.7. The third-order valence-electron chi connectivity index (χ3n) is 2.63. The third kappa shape index (κ3) is 6.00. The number of nitrogens with two attached hydrogens (primary N) is 1. The fraction of sp³-hybridized carbons (Fsp3) is 0.462. The number of aliphatic hydroxyl groups excluding tert-OH is 1. The second-order valence-corrected chi connectivity index (χ2v) is 4.50. The summed E-state index contributed by atoms with van der Waals surface area (Å²) in [6.07, 6.45) is -0.390. The molecule has 0 aromatic heterocycles. The Balaban J connectivity index is 0.00000324. The molecule has 0 radical (unpaired) electrons. The lowest BCUT2D eigenvalue weighted by Crippen LogP contribution is -2.43. The number of carbonyl (C=O) groups is 1. The molecular formula is C13H20ClFN2O2. The molecule has 0 aliphatic heterocycles. The first-order chi connectivity index (χ1) is 8.40. The summed E-state index contributed by atoms with van der Waals surface area (Å²) in [5, 5.41) is 12.6. The van der Waals surface area contributed by atoms with Crippen LogP contribution in [0.15, 0.2) is 24.3 Å². The van der Waals surface area contributed by atoms with Crippen molar-refractivity contribution in [2.45, 2.75) is 38.5 Å². The zero-order valence-corrected chi connectivity index (χ0v) is 11.8. The van der Waals surface area contributed by atoms with Crippen LogP contribution < -0.4 is 11.1 Å². The highest BCUT2D eigenvalue weighted by molar-refractivity contribution is 5.85. The summed E-state index contributed by atoms with van der Waals surface area (Å²) in [5.41, 5.74) is 6.05. The molecule has 0 aliphatic rings. The summed E-state index contributed by atoms with van der Waals surface area (Å²) < 4.78 is 12.7. The van der Waals surface area contributed by atoms with Crippen molar-refractivity contribution in [2.75, 3.05) is 0 Å². The predicted molar refractivity (Wildman–Crippen MR) is 74.5 cm³/mol. The number of nitrogens with one attached hydrogen (secondary N) is 1. The highest BCUT2D eigenvalue weighted by Crippen LogP contribution is 2.18. The number of aliphatic hydroxyl groups is 1. The van der Waals surface area contributed by atoms with Crippen LogP contribution in [0.3, 0.4) is 0 Å². The van der Waals surface area contributed by atoms with E-state index in [0.717, 1.165) is 0 Å². The van der Waals surface area contributed by atoms with Gasteiger partial charge in [-0.05, 0) is 38.0 Å². The van der Waals surface area contributed by atoms with E-state index in [4.69, 9.17) is 5.73 Å². The van der Waals surface area contributed by atoms with Crippen molar-refractivity contribution in [3.8, 4) is 0 Å². The Hall–Kier alpha value is -1.17. The largest absolute Gasteiger partial charge is 0.388 e. The number of carbonyl (C=O) groups excluding carboxylic acids is 1. The SMILES string of the molecule is CC(CC(O)c1ccc(F)cc1)NC(=O)[C@H](C)N.Cl. The molecule has 1 amide bonds. The zero-order valence-electron chi connectivity index (χ0n) is 11.0. The summed E-state index contributed by atoms with van der Waals surface area (Å²) in [6.45, 7) is 3.38. The van der Waals surface area contributed by atoms with E-state index in [2.05, 4.69) is 5.32 Å². The molecule has 1 aromatic rings. The van der Waals surface area contributed by atoms with Crippen molar-refractivity contribution >= 4 is 18.3 Å². The summed E-state index contributed by atoms with van der Waals surface area (Å²) in [4.78, 5) is 11.3. The number of hydrogen-bond donors (Lipinski definition) is 3. The van der Waals surface area contributed by atoms with E-state index in [9.17, 15) is 14.3 Å². The lowest BCUT2D eigenvalue weighted by Gasteiger charge is -2.19. The van der Waals surface area contributed by atoms with E-state index in [1.807, 2.05) is 0 Å². The first-order valence-electron chi connectivity index (χ1n) is 5.89. The van der Waals surface area contributed by atoms with Crippen LogP contribution in [0.5, 0.6) is 0 Å². The second-order valence-electron chi connectivity index (χ2n) is 4.50. The first-order valence-corrected chi connectivity index (χ1v) is 5.89. The minimum atomic E-state index is -0.742. The molecule has 2 unspecified atom stereocenters. The summed E-state index contributed by atoms with van der Waals surface area (Å²) in [5.74, 6) is -0.599. The molecule has 0 fully saturated rings. The topological polar surface area (TPSA) is 75.3 Å². The maximum atomic E-state index is 12.7. The summed E-state index contributed by atoms with van der Waals surface area (Å²) >= 11 is 0. The van der Waals surface area contributed by atoms with Crippen molar-refractivity contribution in [3.63, 3.8) is 0 Å². The molecule has 19 heavy (non-hydrogen) atoms. The van der Waals surface area contributed by atoms with Gasteiger partial charge in [0.15, 0.2) is 0 Å². The molecule has 6 heteroatoms. The van der Waals surface area contributed by atoms with E-state index in [-0.39, 0.29) is 30.2 Å². The molecule has 1 rings (SSSR count). The van der Waals surface area contributed by atoms with E-state index in [1.165, 1.54) is 24.3 Å². The fourth-order valence-electron chi connectivity index (χ4n) is 1.59. The van der Waals surface area contributed by atoms with Crippen molar-refractivity contribution in [1.29, 1.82) is 0 Å². The Morgan fingerprint density at radius 3 is 2.37 bits per heavy atom. The van der Waals surface area contributed by atoms with Crippen LogP contribution in [0.25, 0.3) is 0 Å². The standard InChI is InChI=1S/C13H19FN2O2.ClH/c1-8(16-13(18)9(2)15)7-12(17)10-3-5-11(14)6-4-10;/h3-6,8-9,12,17H,7,15H2,1-2H3,(H,16,18);1H/t8?,9-,12?;/m0./s1. The van der Waals surface area contributed by atoms with Gasteiger partial charge in [-0.25, -0.2) is 4.39 Å². The lowest BCUT2D eigenvalue weighted by molar-refractivity contribution is -0.122. The van der Waals surface area contributed by atoms with E-state index in [0.29, 0.717) is 12.0 Å². The average molecular weight is 291 g/mol. The molecule has 4 nitrogen and oxygen atoms in total. The maximum absolute atomic E-state index is 12.7. The molecule has 0 saturated heterocycles. The van der Waals surface area contributed by atoms with Crippen molar-refractivity contribution < 1.29 is 14.3 Å². The number of benzene rings is 1. The highest BCUT2D eigenvalue weighted by atomic mass is 35.5.